The molecule has 0 atom stereocenters. The number of amides is 2. The first-order valence-electron chi connectivity index (χ1n) is 10.4. The SMILES string of the molecule is Nc1cc(F)ccc1NC(=O)c1ccc(CN2CCC/C(=C\c3ccccn3)C2=O)cc1. The van der Waals surface area contributed by atoms with Crippen LogP contribution in [-0.2, 0) is 11.3 Å². The molecule has 0 radical (unpaired) electrons. The molecule has 1 aliphatic rings. The van der Waals surface area contributed by atoms with Gasteiger partial charge in [-0.15, -0.1) is 0 Å². The zero-order valence-corrected chi connectivity index (χ0v) is 17.4. The largest absolute Gasteiger partial charge is 0.397 e. The van der Waals surface area contributed by atoms with E-state index in [1.165, 1.54) is 12.1 Å². The van der Waals surface area contributed by atoms with Crippen LogP contribution in [0, 0.1) is 5.82 Å². The van der Waals surface area contributed by atoms with E-state index in [0.717, 1.165) is 35.7 Å². The summed E-state index contributed by atoms with van der Waals surface area (Å²) in [6.07, 6.45) is 5.18. The molecule has 7 heteroatoms. The van der Waals surface area contributed by atoms with Crippen LogP contribution in [0.4, 0.5) is 15.8 Å². The molecular formula is C25H23FN4O2. The summed E-state index contributed by atoms with van der Waals surface area (Å²) < 4.78 is 13.2. The summed E-state index contributed by atoms with van der Waals surface area (Å²) in [6.45, 7) is 1.15. The van der Waals surface area contributed by atoms with Crippen molar-refractivity contribution in [3.63, 3.8) is 0 Å². The lowest BCUT2D eigenvalue weighted by Gasteiger charge is -2.28. The number of pyridine rings is 1. The standard InChI is InChI=1S/C25H23FN4O2/c26-20-10-11-23(22(27)15-20)29-24(31)18-8-6-17(7-9-18)16-30-13-3-4-19(25(30)32)14-21-5-1-2-12-28-21/h1-2,5-12,14-15H,3-4,13,16,27H2,(H,29,31)/b19-14+. The number of benzene rings is 2. The molecule has 4 rings (SSSR count). The van der Waals surface area contributed by atoms with Crippen LogP contribution in [0.25, 0.3) is 6.08 Å². The second kappa shape index (κ2) is 9.43. The number of nitrogens with zero attached hydrogens (tertiary/aromatic N) is 2. The number of nitrogens with two attached hydrogens (primary N) is 1. The third-order valence-electron chi connectivity index (χ3n) is 5.30. The Morgan fingerprint density at radius 3 is 2.69 bits per heavy atom. The molecule has 1 aromatic heterocycles. The van der Waals surface area contributed by atoms with Gasteiger partial charge >= 0.3 is 0 Å². The van der Waals surface area contributed by atoms with Crippen LogP contribution in [0.1, 0.15) is 34.5 Å². The van der Waals surface area contributed by atoms with E-state index in [0.29, 0.717) is 24.3 Å². The van der Waals surface area contributed by atoms with Crippen LogP contribution < -0.4 is 11.1 Å². The molecule has 2 heterocycles. The van der Waals surface area contributed by atoms with Crippen molar-refractivity contribution >= 4 is 29.3 Å². The molecular weight excluding hydrogens is 407 g/mol. The number of likely N-dealkylation sites (tertiary alicyclic amines) is 1. The second-order valence-corrected chi connectivity index (χ2v) is 7.64. The average Bonchev–Trinajstić information content (AvgIpc) is 2.79. The molecule has 0 saturated carbocycles. The summed E-state index contributed by atoms with van der Waals surface area (Å²) in [4.78, 5) is 31.5. The van der Waals surface area contributed by atoms with E-state index in [4.69, 9.17) is 5.73 Å². The quantitative estimate of drug-likeness (QED) is 0.468. The van der Waals surface area contributed by atoms with Gasteiger partial charge < -0.3 is 16.0 Å². The maximum absolute atomic E-state index is 13.2. The molecule has 0 bridgehead atoms. The smallest absolute Gasteiger partial charge is 0.255 e. The predicted octanol–water partition coefficient (Wildman–Crippen LogP) is 4.26. The summed E-state index contributed by atoms with van der Waals surface area (Å²) in [5.74, 6) is -0.796. The minimum absolute atomic E-state index is 0.00973. The van der Waals surface area contributed by atoms with Crippen molar-refractivity contribution in [2.24, 2.45) is 0 Å². The van der Waals surface area contributed by atoms with Gasteiger partial charge in [-0.05, 0) is 66.9 Å². The number of carbonyl (C=O) groups excluding carboxylic acids is 2. The van der Waals surface area contributed by atoms with Crippen molar-refractivity contribution in [2.45, 2.75) is 19.4 Å². The zero-order valence-electron chi connectivity index (χ0n) is 17.4. The van der Waals surface area contributed by atoms with E-state index in [1.807, 2.05) is 41.3 Å². The first kappa shape index (κ1) is 21.2. The maximum atomic E-state index is 13.2. The summed E-state index contributed by atoms with van der Waals surface area (Å²) in [5.41, 5.74) is 9.16. The average molecular weight is 430 g/mol. The van der Waals surface area contributed by atoms with Crippen LogP contribution in [0.3, 0.4) is 0 Å². The van der Waals surface area contributed by atoms with Crippen molar-refractivity contribution in [3.05, 3.63) is 95.1 Å². The molecule has 1 aliphatic heterocycles. The van der Waals surface area contributed by atoms with Gasteiger partial charge in [0, 0.05) is 30.4 Å². The van der Waals surface area contributed by atoms with Crippen molar-refractivity contribution < 1.29 is 14.0 Å². The van der Waals surface area contributed by atoms with E-state index in [9.17, 15) is 14.0 Å². The van der Waals surface area contributed by atoms with E-state index < -0.39 is 5.82 Å². The number of carbonyl (C=O) groups is 2. The van der Waals surface area contributed by atoms with Gasteiger partial charge in [0.2, 0.25) is 5.91 Å². The van der Waals surface area contributed by atoms with E-state index >= 15 is 0 Å². The molecule has 0 spiro atoms. The van der Waals surface area contributed by atoms with E-state index in [2.05, 4.69) is 10.3 Å². The monoisotopic (exact) mass is 430 g/mol. The van der Waals surface area contributed by atoms with E-state index in [-0.39, 0.29) is 17.5 Å². The lowest BCUT2D eigenvalue weighted by molar-refractivity contribution is -0.129. The fourth-order valence-electron chi connectivity index (χ4n) is 3.62. The number of hydrogen-bond acceptors (Lipinski definition) is 4. The molecule has 1 saturated heterocycles. The normalized spacial score (nSPS) is 15.1. The minimum atomic E-state index is -0.463. The van der Waals surface area contributed by atoms with Gasteiger partial charge in [0.1, 0.15) is 5.82 Å². The minimum Gasteiger partial charge on any atom is -0.397 e. The van der Waals surface area contributed by atoms with Gasteiger partial charge in [-0.2, -0.15) is 0 Å². The fourth-order valence-corrected chi connectivity index (χ4v) is 3.62. The van der Waals surface area contributed by atoms with Crippen molar-refractivity contribution in [3.8, 4) is 0 Å². The first-order chi connectivity index (χ1) is 15.5. The van der Waals surface area contributed by atoms with Crippen molar-refractivity contribution in [1.82, 2.24) is 9.88 Å². The zero-order chi connectivity index (χ0) is 22.5. The Morgan fingerprint density at radius 2 is 1.97 bits per heavy atom. The Hall–Kier alpha value is -4.00. The molecule has 0 aliphatic carbocycles. The number of hydrogen-bond donors (Lipinski definition) is 2. The van der Waals surface area contributed by atoms with Crippen molar-refractivity contribution in [2.75, 3.05) is 17.6 Å². The van der Waals surface area contributed by atoms with Crippen LogP contribution in [-0.4, -0.2) is 28.2 Å². The Kier molecular flexibility index (Phi) is 6.26. The maximum Gasteiger partial charge on any atom is 0.255 e. The highest BCUT2D eigenvalue weighted by molar-refractivity contribution is 6.05. The summed E-state index contributed by atoms with van der Waals surface area (Å²) >= 11 is 0. The predicted molar refractivity (Wildman–Crippen MR) is 122 cm³/mol. The summed E-state index contributed by atoms with van der Waals surface area (Å²) in [7, 11) is 0. The topological polar surface area (TPSA) is 88.3 Å². The molecule has 2 aromatic carbocycles. The number of nitrogen functional groups attached to an aromatic ring is 1. The van der Waals surface area contributed by atoms with Crippen LogP contribution in [0.2, 0.25) is 0 Å². The molecule has 3 N–H and O–H groups in total. The highest BCUT2D eigenvalue weighted by Crippen LogP contribution is 2.23. The number of piperidine rings is 1. The van der Waals surface area contributed by atoms with Gasteiger partial charge in [0.15, 0.2) is 0 Å². The number of halogens is 1. The molecule has 32 heavy (non-hydrogen) atoms. The van der Waals surface area contributed by atoms with Gasteiger partial charge in [-0.1, -0.05) is 18.2 Å². The Balaban J connectivity index is 1.41. The lowest BCUT2D eigenvalue weighted by Crippen LogP contribution is -2.36. The van der Waals surface area contributed by atoms with Gasteiger partial charge in [-0.25, -0.2) is 4.39 Å². The fraction of sp³-hybridized carbons (Fsp3) is 0.160. The second-order valence-electron chi connectivity index (χ2n) is 7.64. The third kappa shape index (κ3) is 5.00. The Labute approximate surface area is 185 Å². The first-order valence-corrected chi connectivity index (χ1v) is 10.4. The van der Waals surface area contributed by atoms with Gasteiger partial charge in [0.05, 0.1) is 17.1 Å². The number of aromatic nitrogens is 1. The molecule has 6 nitrogen and oxygen atoms in total. The Morgan fingerprint density at radius 1 is 1.16 bits per heavy atom. The molecule has 2 amide bonds. The third-order valence-corrected chi connectivity index (χ3v) is 5.30. The highest BCUT2D eigenvalue weighted by atomic mass is 19.1. The van der Waals surface area contributed by atoms with Crippen LogP contribution in [0.15, 0.2) is 72.4 Å². The Bertz CT molecular complexity index is 1160. The van der Waals surface area contributed by atoms with Crippen LogP contribution >= 0.6 is 0 Å². The molecule has 3 aromatic rings. The van der Waals surface area contributed by atoms with Crippen molar-refractivity contribution in [1.29, 1.82) is 0 Å². The van der Waals surface area contributed by atoms with Gasteiger partial charge in [0.25, 0.3) is 5.91 Å². The molecule has 162 valence electrons. The summed E-state index contributed by atoms with van der Waals surface area (Å²) in [6, 6.07) is 16.5. The van der Waals surface area contributed by atoms with Gasteiger partial charge in [-0.3, -0.25) is 14.6 Å². The van der Waals surface area contributed by atoms with Crippen LogP contribution in [0.5, 0.6) is 0 Å². The van der Waals surface area contributed by atoms with E-state index in [1.54, 1.807) is 18.3 Å². The number of nitrogens with one attached hydrogen (secondary N) is 1. The lowest BCUT2D eigenvalue weighted by atomic mass is 10.0. The molecule has 1 fully saturated rings. The number of anilines is 2. The summed E-state index contributed by atoms with van der Waals surface area (Å²) in [5, 5.41) is 2.68. The molecule has 0 unspecified atom stereocenters. The highest BCUT2D eigenvalue weighted by Gasteiger charge is 2.23. The number of rotatable bonds is 5.